The fourth-order valence-corrected chi connectivity index (χ4v) is 2.90. The second-order valence-corrected chi connectivity index (χ2v) is 6.09. The number of aliphatic hydroxyl groups is 1. The molecule has 0 radical (unpaired) electrons. The number of aliphatic hydroxyl groups excluding tert-OH is 1. The number of amides is 1. The number of nitrogens with zero attached hydrogens (tertiary/aromatic N) is 1. The van der Waals surface area contributed by atoms with Crippen LogP contribution in [0.15, 0.2) is 23.1 Å². The van der Waals surface area contributed by atoms with Gasteiger partial charge < -0.3 is 10.0 Å². The number of rotatable bonds is 3. The fourth-order valence-electron chi connectivity index (χ4n) is 2.08. The molecule has 2 rings (SSSR count). The Morgan fingerprint density at radius 3 is 2.85 bits per heavy atom. The summed E-state index contributed by atoms with van der Waals surface area (Å²) in [6, 6.07) is 3.58. The van der Waals surface area contributed by atoms with Crippen LogP contribution in [-0.4, -0.2) is 40.9 Å². The lowest BCUT2D eigenvalue weighted by atomic mass is 9.96. The number of β-amino-alcohol motifs (C(OH)–C–C–N with tert-alkyl or cyclic N) is 1. The first-order valence-electron chi connectivity index (χ1n) is 6.51. The van der Waals surface area contributed by atoms with Crippen molar-refractivity contribution in [3.8, 4) is 0 Å². The highest BCUT2D eigenvalue weighted by molar-refractivity contribution is 8.00. The van der Waals surface area contributed by atoms with Gasteiger partial charge in [-0.1, -0.05) is 6.92 Å². The summed E-state index contributed by atoms with van der Waals surface area (Å²) in [5.74, 6) is -1.53. The summed E-state index contributed by atoms with van der Waals surface area (Å²) in [6.45, 7) is 2.94. The number of thioether (sulfide) groups is 1. The van der Waals surface area contributed by atoms with Crippen LogP contribution in [0.5, 0.6) is 0 Å². The molecule has 6 heteroatoms. The van der Waals surface area contributed by atoms with Gasteiger partial charge in [0.05, 0.1) is 11.9 Å². The molecule has 2 atom stereocenters. The summed E-state index contributed by atoms with van der Waals surface area (Å²) in [4.78, 5) is 14.1. The molecule has 1 aliphatic rings. The third kappa shape index (κ3) is 3.70. The first-order valence-corrected chi connectivity index (χ1v) is 7.49. The van der Waals surface area contributed by atoms with E-state index in [0.717, 1.165) is 18.6 Å². The Morgan fingerprint density at radius 2 is 2.20 bits per heavy atom. The van der Waals surface area contributed by atoms with Crippen LogP contribution < -0.4 is 0 Å². The van der Waals surface area contributed by atoms with Crippen molar-refractivity contribution in [2.24, 2.45) is 5.92 Å². The lowest BCUT2D eigenvalue weighted by Gasteiger charge is -2.34. The molecule has 1 heterocycles. The SMILES string of the molecule is CC1CCN(C(=O)CSc2ccc(F)c(F)c2)CC1O. The van der Waals surface area contributed by atoms with Gasteiger partial charge in [0.1, 0.15) is 0 Å². The van der Waals surface area contributed by atoms with Crippen molar-refractivity contribution in [3.05, 3.63) is 29.8 Å². The first-order chi connectivity index (χ1) is 9.47. The molecule has 1 N–H and O–H groups in total. The molecule has 1 aliphatic heterocycles. The number of hydrogen-bond acceptors (Lipinski definition) is 3. The molecule has 1 amide bonds. The third-order valence-corrected chi connectivity index (χ3v) is 4.50. The predicted octanol–water partition coefficient (Wildman–Crippen LogP) is 2.29. The summed E-state index contributed by atoms with van der Waals surface area (Å²) >= 11 is 1.17. The minimum absolute atomic E-state index is 0.0920. The predicted molar refractivity (Wildman–Crippen MR) is 73.4 cm³/mol. The molecule has 0 aliphatic carbocycles. The van der Waals surface area contributed by atoms with Crippen molar-refractivity contribution in [1.29, 1.82) is 0 Å². The zero-order valence-corrected chi connectivity index (χ0v) is 12.0. The Bertz CT molecular complexity index is 498. The van der Waals surface area contributed by atoms with Crippen LogP contribution in [-0.2, 0) is 4.79 Å². The summed E-state index contributed by atoms with van der Waals surface area (Å²) in [7, 11) is 0. The van der Waals surface area contributed by atoms with E-state index in [1.807, 2.05) is 6.92 Å². The maximum atomic E-state index is 13.0. The lowest BCUT2D eigenvalue weighted by Crippen LogP contribution is -2.46. The highest BCUT2D eigenvalue weighted by Crippen LogP contribution is 2.22. The molecule has 0 saturated carbocycles. The standard InChI is InChI=1S/C14H17F2NO2S/c1-9-4-5-17(7-13(9)18)14(19)8-20-10-2-3-11(15)12(16)6-10/h2-3,6,9,13,18H,4-5,7-8H2,1H3. The van der Waals surface area contributed by atoms with E-state index in [1.165, 1.54) is 17.8 Å². The van der Waals surface area contributed by atoms with Crippen LogP contribution in [0.3, 0.4) is 0 Å². The zero-order chi connectivity index (χ0) is 14.7. The lowest BCUT2D eigenvalue weighted by molar-refractivity contribution is -0.132. The average Bonchev–Trinajstić information content (AvgIpc) is 2.43. The molecule has 1 aromatic rings. The molecule has 0 bridgehead atoms. The molecule has 2 unspecified atom stereocenters. The van der Waals surface area contributed by atoms with Crippen molar-refractivity contribution in [2.75, 3.05) is 18.8 Å². The monoisotopic (exact) mass is 301 g/mol. The highest BCUT2D eigenvalue weighted by atomic mass is 32.2. The van der Waals surface area contributed by atoms with Gasteiger partial charge in [0.25, 0.3) is 0 Å². The third-order valence-electron chi connectivity index (χ3n) is 3.52. The van der Waals surface area contributed by atoms with Gasteiger partial charge in [0.15, 0.2) is 11.6 Å². The van der Waals surface area contributed by atoms with Crippen molar-refractivity contribution < 1.29 is 18.7 Å². The second kappa shape index (κ2) is 6.54. The minimum atomic E-state index is -0.912. The molecule has 0 aromatic heterocycles. The van der Waals surface area contributed by atoms with E-state index in [4.69, 9.17) is 0 Å². The maximum absolute atomic E-state index is 13.0. The topological polar surface area (TPSA) is 40.5 Å². The van der Waals surface area contributed by atoms with E-state index in [-0.39, 0.29) is 17.6 Å². The normalized spacial score (nSPS) is 22.9. The molecular formula is C14H17F2NO2S. The smallest absolute Gasteiger partial charge is 0.233 e. The molecule has 0 spiro atoms. The van der Waals surface area contributed by atoms with Gasteiger partial charge in [0.2, 0.25) is 5.91 Å². The molecule has 20 heavy (non-hydrogen) atoms. The van der Waals surface area contributed by atoms with E-state index in [0.29, 0.717) is 18.0 Å². The first kappa shape index (κ1) is 15.3. The van der Waals surface area contributed by atoms with E-state index < -0.39 is 17.7 Å². The number of halogens is 2. The van der Waals surface area contributed by atoms with Crippen LogP contribution in [0.4, 0.5) is 8.78 Å². The Kier molecular flexibility index (Phi) is 4.99. The Balaban J connectivity index is 1.87. The van der Waals surface area contributed by atoms with Crippen LogP contribution in [0.25, 0.3) is 0 Å². The van der Waals surface area contributed by atoms with Gasteiger partial charge in [0, 0.05) is 18.0 Å². The number of likely N-dealkylation sites (tertiary alicyclic amines) is 1. The second-order valence-electron chi connectivity index (χ2n) is 5.04. The molecule has 3 nitrogen and oxygen atoms in total. The van der Waals surface area contributed by atoms with Gasteiger partial charge >= 0.3 is 0 Å². The van der Waals surface area contributed by atoms with Crippen molar-refractivity contribution in [1.82, 2.24) is 4.90 Å². The summed E-state index contributed by atoms with van der Waals surface area (Å²) < 4.78 is 25.8. The molecule has 110 valence electrons. The van der Waals surface area contributed by atoms with E-state index in [1.54, 1.807) is 4.90 Å². The van der Waals surface area contributed by atoms with Gasteiger partial charge in [-0.15, -0.1) is 11.8 Å². The maximum Gasteiger partial charge on any atom is 0.233 e. The van der Waals surface area contributed by atoms with Gasteiger partial charge in [-0.3, -0.25) is 4.79 Å². The van der Waals surface area contributed by atoms with Crippen molar-refractivity contribution in [2.45, 2.75) is 24.3 Å². The highest BCUT2D eigenvalue weighted by Gasteiger charge is 2.27. The Morgan fingerprint density at radius 1 is 1.45 bits per heavy atom. The number of carbonyl (C=O) groups is 1. The number of piperidine rings is 1. The van der Waals surface area contributed by atoms with E-state index in [9.17, 15) is 18.7 Å². The molecule has 1 saturated heterocycles. The van der Waals surface area contributed by atoms with Gasteiger partial charge in [-0.05, 0) is 30.5 Å². The summed E-state index contributed by atoms with van der Waals surface area (Å²) in [5.41, 5.74) is 0. The van der Waals surface area contributed by atoms with Gasteiger partial charge in [-0.25, -0.2) is 8.78 Å². The Labute approximate surface area is 121 Å². The number of carbonyl (C=O) groups excluding carboxylic acids is 1. The van der Waals surface area contributed by atoms with E-state index in [2.05, 4.69) is 0 Å². The summed E-state index contributed by atoms with van der Waals surface area (Å²) in [5, 5.41) is 9.76. The van der Waals surface area contributed by atoms with E-state index >= 15 is 0 Å². The number of benzene rings is 1. The van der Waals surface area contributed by atoms with Gasteiger partial charge in [-0.2, -0.15) is 0 Å². The minimum Gasteiger partial charge on any atom is -0.391 e. The van der Waals surface area contributed by atoms with Crippen molar-refractivity contribution in [3.63, 3.8) is 0 Å². The van der Waals surface area contributed by atoms with Crippen LogP contribution >= 0.6 is 11.8 Å². The number of hydrogen-bond donors (Lipinski definition) is 1. The Hall–Kier alpha value is -1.14. The quantitative estimate of drug-likeness (QED) is 0.871. The average molecular weight is 301 g/mol. The zero-order valence-electron chi connectivity index (χ0n) is 11.2. The van der Waals surface area contributed by atoms with Crippen LogP contribution in [0.1, 0.15) is 13.3 Å². The summed E-state index contributed by atoms with van der Waals surface area (Å²) in [6.07, 6.45) is 0.295. The molecule has 1 fully saturated rings. The van der Waals surface area contributed by atoms with Crippen LogP contribution in [0, 0.1) is 17.6 Å². The molecule has 1 aromatic carbocycles. The molecular weight excluding hydrogens is 284 g/mol. The largest absolute Gasteiger partial charge is 0.391 e. The van der Waals surface area contributed by atoms with Crippen molar-refractivity contribution >= 4 is 17.7 Å². The fraction of sp³-hybridized carbons (Fsp3) is 0.500. The van der Waals surface area contributed by atoms with Crippen LogP contribution in [0.2, 0.25) is 0 Å².